The number of aromatic nitrogens is 3. The molecule has 8 heteroatoms. The molecule has 1 N–H and O–H groups in total. The quantitative estimate of drug-likeness (QED) is 0.726. The van der Waals surface area contributed by atoms with E-state index in [2.05, 4.69) is 39.1 Å². The van der Waals surface area contributed by atoms with Gasteiger partial charge in [0.2, 0.25) is 10.8 Å². The van der Waals surface area contributed by atoms with Crippen LogP contribution in [0.2, 0.25) is 0 Å². The highest BCUT2D eigenvalue weighted by Crippen LogP contribution is 2.40. The molecule has 1 fully saturated rings. The molecule has 2 aromatic heterocycles. The Morgan fingerprint density at radius 1 is 1.19 bits per heavy atom. The Balaban J connectivity index is 1.74. The molecule has 1 saturated heterocycles. The minimum Gasteiger partial charge on any atom is -0.494 e. The fourth-order valence-corrected chi connectivity index (χ4v) is 4.71. The normalized spacial score (nSPS) is 17.4. The van der Waals surface area contributed by atoms with Crippen LogP contribution in [0.25, 0.3) is 4.96 Å². The predicted octanol–water partition coefficient (Wildman–Crippen LogP) is 2.54. The van der Waals surface area contributed by atoms with Gasteiger partial charge < -0.3 is 14.7 Å². The number of nitrogens with zero attached hydrogens (tertiary/aromatic N) is 5. The number of hydrogen-bond donors (Lipinski definition) is 1. The van der Waals surface area contributed by atoms with Gasteiger partial charge in [-0.3, -0.25) is 4.90 Å². The van der Waals surface area contributed by atoms with Crippen molar-refractivity contribution in [2.75, 3.05) is 39.8 Å². The summed E-state index contributed by atoms with van der Waals surface area (Å²) in [6.45, 7) is 8.37. The number of piperazine rings is 1. The summed E-state index contributed by atoms with van der Waals surface area (Å²) < 4.78 is 7.14. The van der Waals surface area contributed by atoms with Gasteiger partial charge in [-0.2, -0.15) is 4.52 Å². The van der Waals surface area contributed by atoms with Gasteiger partial charge in [0.05, 0.1) is 17.5 Å². The molecule has 0 saturated carbocycles. The van der Waals surface area contributed by atoms with Crippen molar-refractivity contribution in [1.82, 2.24) is 24.4 Å². The average Bonchev–Trinajstić information content (AvgIpc) is 3.16. The molecule has 4 rings (SSSR count). The van der Waals surface area contributed by atoms with Crippen LogP contribution in [-0.4, -0.2) is 69.3 Å². The van der Waals surface area contributed by atoms with Gasteiger partial charge in [0.15, 0.2) is 0 Å². The number of likely N-dealkylation sites (N-methyl/N-ethyl adjacent to an activating group) is 1. The Bertz CT molecular complexity index is 912. The maximum absolute atomic E-state index is 10.9. The first-order valence-electron chi connectivity index (χ1n) is 9.27. The second kappa shape index (κ2) is 7.46. The van der Waals surface area contributed by atoms with Crippen LogP contribution in [0, 0.1) is 6.92 Å². The molecule has 3 heterocycles. The van der Waals surface area contributed by atoms with Gasteiger partial charge in [-0.1, -0.05) is 23.5 Å². The van der Waals surface area contributed by atoms with Gasteiger partial charge in [0, 0.05) is 26.2 Å². The van der Waals surface area contributed by atoms with Crippen LogP contribution in [0.3, 0.4) is 0 Å². The first kappa shape index (κ1) is 18.2. The van der Waals surface area contributed by atoms with Crippen LogP contribution >= 0.6 is 11.3 Å². The van der Waals surface area contributed by atoms with Crippen molar-refractivity contribution in [2.45, 2.75) is 19.9 Å². The van der Waals surface area contributed by atoms with Gasteiger partial charge in [0.25, 0.3) is 0 Å². The van der Waals surface area contributed by atoms with Gasteiger partial charge in [-0.05, 0) is 38.6 Å². The number of benzene rings is 1. The molecule has 0 spiro atoms. The molecule has 1 aliphatic heterocycles. The van der Waals surface area contributed by atoms with Crippen molar-refractivity contribution in [3.8, 4) is 11.6 Å². The Hall–Kier alpha value is -2.16. The largest absolute Gasteiger partial charge is 0.494 e. The lowest BCUT2D eigenvalue weighted by atomic mass is 10.0. The third-order valence-corrected chi connectivity index (χ3v) is 6.04. The lowest BCUT2D eigenvalue weighted by Crippen LogP contribution is -2.46. The number of thiazole rings is 1. The van der Waals surface area contributed by atoms with Gasteiger partial charge in [0.1, 0.15) is 11.6 Å². The van der Waals surface area contributed by atoms with E-state index in [-0.39, 0.29) is 11.9 Å². The summed E-state index contributed by atoms with van der Waals surface area (Å²) in [4.78, 5) is 10.8. The van der Waals surface area contributed by atoms with Crippen LogP contribution < -0.4 is 4.74 Å². The number of hydrogen-bond acceptors (Lipinski definition) is 7. The highest BCUT2D eigenvalue weighted by Gasteiger charge is 2.31. The maximum atomic E-state index is 10.9. The molecular weight excluding hydrogens is 362 g/mol. The van der Waals surface area contributed by atoms with E-state index in [0.29, 0.717) is 12.4 Å². The minimum absolute atomic E-state index is 0.0248. The lowest BCUT2D eigenvalue weighted by molar-refractivity contribution is 0.127. The summed E-state index contributed by atoms with van der Waals surface area (Å²) in [7, 11) is 2.15. The molecule has 1 atom stereocenters. The van der Waals surface area contributed by atoms with Crippen molar-refractivity contribution in [3.05, 3.63) is 40.5 Å². The molecule has 27 heavy (non-hydrogen) atoms. The van der Waals surface area contributed by atoms with E-state index in [4.69, 9.17) is 4.74 Å². The van der Waals surface area contributed by atoms with E-state index in [1.807, 2.05) is 26.0 Å². The second-order valence-electron chi connectivity index (χ2n) is 6.89. The average molecular weight is 388 g/mol. The third-order valence-electron chi connectivity index (χ3n) is 4.96. The van der Waals surface area contributed by atoms with Crippen LogP contribution in [0.4, 0.5) is 0 Å². The van der Waals surface area contributed by atoms with E-state index in [1.54, 1.807) is 4.52 Å². The summed E-state index contributed by atoms with van der Waals surface area (Å²) >= 11 is 1.51. The fraction of sp³-hybridized carbons (Fsp3) is 0.474. The predicted molar refractivity (Wildman–Crippen MR) is 106 cm³/mol. The van der Waals surface area contributed by atoms with Crippen molar-refractivity contribution in [3.63, 3.8) is 0 Å². The van der Waals surface area contributed by atoms with E-state index < -0.39 is 0 Å². The third kappa shape index (κ3) is 3.52. The summed E-state index contributed by atoms with van der Waals surface area (Å²) in [5, 5.41) is 15.2. The smallest absolute Gasteiger partial charge is 0.230 e. The van der Waals surface area contributed by atoms with Crippen molar-refractivity contribution >= 4 is 16.3 Å². The molecule has 1 aromatic carbocycles. The highest BCUT2D eigenvalue weighted by atomic mass is 32.1. The number of aromatic hydroxyl groups is 1. The fourth-order valence-electron chi connectivity index (χ4n) is 3.55. The summed E-state index contributed by atoms with van der Waals surface area (Å²) in [6.07, 6.45) is 0. The molecule has 7 nitrogen and oxygen atoms in total. The molecular formula is C19H25N5O2S. The maximum Gasteiger partial charge on any atom is 0.230 e. The molecule has 0 aliphatic carbocycles. The van der Waals surface area contributed by atoms with Gasteiger partial charge in [-0.25, -0.2) is 4.98 Å². The van der Waals surface area contributed by atoms with E-state index >= 15 is 0 Å². The molecule has 0 radical (unpaired) electrons. The Morgan fingerprint density at radius 2 is 1.89 bits per heavy atom. The lowest BCUT2D eigenvalue weighted by Gasteiger charge is -2.37. The Kier molecular flexibility index (Phi) is 5.03. The Morgan fingerprint density at radius 3 is 2.52 bits per heavy atom. The van der Waals surface area contributed by atoms with E-state index in [0.717, 1.165) is 47.3 Å². The van der Waals surface area contributed by atoms with E-state index in [9.17, 15) is 5.11 Å². The molecule has 144 valence electrons. The first-order chi connectivity index (χ1) is 13.1. The van der Waals surface area contributed by atoms with Crippen LogP contribution in [-0.2, 0) is 0 Å². The van der Waals surface area contributed by atoms with Gasteiger partial charge in [-0.15, -0.1) is 5.10 Å². The number of rotatable bonds is 5. The summed E-state index contributed by atoms with van der Waals surface area (Å²) in [5.74, 6) is 1.72. The zero-order valence-corrected chi connectivity index (χ0v) is 16.7. The number of aryl methyl sites for hydroxylation is 1. The number of ether oxygens (including phenoxy) is 1. The zero-order chi connectivity index (χ0) is 19.0. The van der Waals surface area contributed by atoms with Crippen LogP contribution in [0.5, 0.6) is 11.6 Å². The highest BCUT2D eigenvalue weighted by molar-refractivity contribution is 7.17. The van der Waals surface area contributed by atoms with Crippen molar-refractivity contribution < 1.29 is 9.84 Å². The molecule has 1 aliphatic rings. The van der Waals surface area contributed by atoms with Crippen molar-refractivity contribution in [1.29, 1.82) is 0 Å². The summed E-state index contributed by atoms with van der Waals surface area (Å²) in [5.41, 5.74) is 1.14. The van der Waals surface area contributed by atoms with E-state index in [1.165, 1.54) is 11.3 Å². The first-order valence-corrected chi connectivity index (χ1v) is 10.1. The van der Waals surface area contributed by atoms with Crippen LogP contribution in [0.15, 0.2) is 24.3 Å². The molecule has 3 aromatic rings. The Labute approximate surface area is 162 Å². The SMILES string of the molecule is CCOc1ccc(C(c2sc3nc(C)nn3c2O)N2CCN(C)CC2)cc1. The monoisotopic (exact) mass is 387 g/mol. The second-order valence-corrected chi connectivity index (χ2v) is 7.90. The summed E-state index contributed by atoms with van der Waals surface area (Å²) in [6, 6.07) is 8.16. The number of fused-ring (bicyclic) bond motifs is 1. The molecule has 1 unspecified atom stereocenters. The molecule has 0 bridgehead atoms. The zero-order valence-electron chi connectivity index (χ0n) is 15.9. The minimum atomic E-state index is -0.0248. The van der Waals surface area contributed by atoms with Gasteiger partial charge >= 0.3 is 0 Å². The molecule has 0 amide bonds. The standard InChI is InChI=1S/C19H25N5O2S/c1-4-26-15-7-5-14(6-8-15)16(23-11-9-22(3)10-12-23)17-18(25)24-19(27-17)20-13(2)21-24/h5-8,16,25H,4,9-12H2,1-3H3. The van der Waals surface area contributed by atoms with Crippen molar-refractivity contribution in [2.24, 2.45) is 0 Å². The topological polar surface area (TPSA) is 66.1 Å². The van der Waals surface area contributed by atoms with Crippen LogP contribution in [0.1, 0.15) is 29.2 Å².